The molecule has 6 heteroatoms. The molecular weight excluding hydrogens is 383 g/mol. The molecule has 2 rings (SSSR count). The monoisotopic (exact) mass is 390 g/mol. The van der Waals surface area contributed by atoms with Crippen LogP contribution in [0.2, 0.25) is 4.34 Å². The molecular formula is C12H8ClIN2OS. The molecule has 1 heterocycles. The van der Waals surface area contributed by atoms with Crippen LogP contribution in [0.15, 0.2) is 41.5 Å². The van der Waals surface area contributed by atoms with Crippen LogP contribution in [0.4, 0.5) is 0 Å². The summed E-state index contributed by atoms with van der Waals surface area (Å²) in [6.45, 7) is 0. The Bertz CT molecular complexity index is 597. The highest BCUT2D eigenvalue weighted by molar-refractivity contribution is 14.1. The van der Waals surface area contributed by atoms with Crippen molar-refractivity contribution < 1.29 is 4.79 Å². The molecule has 0 fully saturated rings. The second-order valence-corrected chi connectivity index (χ2v) is 6.34. The van der Waals surface area contributed by atoms with Gasteiger partial charge in [0.1, 0.15) is 0 Å². The van der Waals surface area contributed by atoms with E-state index >= 15 is 0 Å². The molecule has 18 heavy (non-hydrogen) atoms. The third-order valence-electron chi connectivity index (χ3n) is 2.04. The number of hydrogen-bond donors (Lipinski definition) is 1. The molecule has 0 atom stereocenters. The molecule has 0 aliphatic heterocycles. The minimum absolute atomic E-state index is 0.229. The molecule has 1 aromatic carbocycles. The van der Waals surface area contributed by atoms with E-state index in [1.165, 1.54) is 11.3 Å². The molecule has 0 aliphatic carbocycles. The molecule has 0 bridgehead atoms. The van der Waals surface area contributed by atoms with Crippen molar-refractivity contribution >= 4 is 57.7 Å². The number of thiophene rings is 1. The van der Waals surface area contributed by atoms with Crippen LogP contribution in [-0.4, -0.2) is 12.1 Å². The van der Waals surface area contributed by atoms with E-state index in [-0.39, 0.29) is 5.91 Å². The maximum atomic E-state index is 11.7. The number of hydrazone groups is 1. The molecule has 1 amide bonds. The van der Waals surface area contributed by atoms with Crippen molar-refractivity contribution in [1.29, 1.82) is 0 Å². The molecule has 0 spiro atoms. The largest absolute Gasteiger partial charge is 0.271 e. The first-order chi connectivity index (χ1) is 8.65. The van der Waals surface area contributed by atoms with Crippen molar-refractivity contribution in [2.45, 2.75) is 0 Å². The fourth-order valence-corrected chi connectivity index (χ4v) is 2.72. The Labute approximate surface area is 127 Å². The van der Waals surface area contributed by atoms with Gasteiger partial charge in [0.15, 0.2) is 0 Å². The zero-order chi connectivity index (χ0) is 13.0. The number of nitrogens with zero attached hydrogens (tertiary/aromatic N) is 1. The summed E-state index contributed by atoms with van der Waals surface area (Å²) < 4.78 is 1.70. The molecule has 0 aliphatic rings. The zero-order valence-corrected chi connectivity index (χ0v) is 12.8. The van der Waals surface area contributed by atoms with Crippen LogP contribution in [0.1, 0.15) is 15.2 Å². The van der Waals surface area contributed by atoms with Crippen molar-refractivity contribution in [3.63, 3.8) is 0 Å². The second-order valence-electron chi connectivity index (χ2n) is 3.35. The Kier molecular flexibility index (Phi) is 4.73. The number of nitrogens with one attached hydrogen (secondary N) is 1. The van der Waals surface area contributed by atoms with E-state index in [1.807, 2.05) is 18.2 Å². The van der Waals surface area contributed by atoms with Gasteiger partial charge in [0.2, 0.25) is 0 Å². The van der Waals surface area contributed by atoms with Crippen molar-refractivity contribution in [3.05, 3.63) is 54.7 Å². The number of halogens is 2. The van der Waals surface area contributed by atoms with E-state index < -0.39 is 0 Å². The van der Waals surface area contributed by atoms with Gasteiger partial charge in [-0.3, -0.25) is 4.79 Å². The van der Waals surface area contributed by atoms with Gasteiger partial charge in [-0.25, -0.2) is 5.43 Å². The quantitative estimate of drug-likeness (QED) is 0.484. The van der Waals surface area contributed by atoms with Gasteiger partial charge in [0.25, 0.3) is 5.91 Å². The van der Waals surface area contributed by atoms with Crippen molar-refractivity contribution in [3.8, 4) is 0 Å². The SMILES string of the molecule is O=C(N/N=C\c1ccc(Cl)s1)c1cccc(I)c1. The first-order valence-corrected chi connectivity index (χ1v) is 7.27. The van der Waals surface area contributed by atoms with E-state index in [2.05, 4.69) is 33.1 Å². The lowest BCUT2D eigenvalue weighted by Gasteiger charge is -1.99. The third kappa shape index (κ3) is 3.79. The smallest absolute Gasteiger partial charge is 0.267 e. The van der Waals surface area contributed by atoms with E-state index in [1.54, 1.807) is 24.4 Å². The van der Waals surface area contributed by atoms with Crippen molar-refractivity contribution in [2.24, 2.45) is 5.10 Å². The maximum absolute atomic E-state index is 11.7. The van der Waals surface area contributed by atoms with E-state index in [4.69, 9.17) is 11.6 Å². The van der Waals surface area contributed by atoms with Gasteiger partial charge in [-0.15, -0.1) is 11.3 Å². The summed E-state index contributed by atoms with van der Waals surface area (Å²) in [6, 6.07) is 10.9. The Morgan fingerprint density at radius 3 is 2.89 bits per heavy atom. The normalized spacial score (nSPS) is 10.8. The van der Waals surface area contributed by atoms with Crippen LogP contribution in [0.3, 0.4) is 0 Å². The number of hydrogen-bond acceptors (Lipinski definition) is 3. The lowest BCUT2D eigenvalue weighted by molar-refractivity contribution is 0.0955. The summed E-state index contributed by atoms with van der Waals surface area (Å²) in [4.78, 5) is 12.6. The maximum Gasteiger partial charge on any atom is 0.271 e. The molecule has 0 radical (unpaired) electrons. The van der Waals surface area contributed by atoms with Gasteiger partial charge < -0.3 is 0 Å². The Morgan fingerprint density at radius 1 is 1.39 bits per heavy atom. The molecule has 0 unspecified atom stereocenters. The molecule has 0 saturated heterocycles. The van der Waals surface area contributed by atoms with Crippen LogP contribution >= 0.6 is 45.5 Å². The standard InChI is InChI=1S/C12H8ClIN2OS/c13-11-5-4-10(18-11)7-15-16-12(17)8-2-1-3-9(14)6-8/h1-7H,(H,16,17)/b15-7-. The molecule has 2 aromatic rings. The lowest BCUT2D eigenvalue weighted by atomic mass is 10.2. The average Bonchev–Trinajstić information content (AvgIpc) is 2.75. The summed E-state index contributed by atoms with van der Waals surface area (Å²) in [6.07, 6.45) is 1.57. The topological polar surface area (TPSA) is 41.5 Å². The average molecular weight is 391 g/mol. The highest BCUT2D eigenvalue weighted by atomic mass is 127. The number of carbonyl (C=O) groups excluding carboxylic acids is 1. The predicted octanol–water partition coefficient (Wildman–Crippen LogP) is 3.77. The lowest BCUT2D eigenvalue weighted by Crippen LogP contribution is -2.17. The van der Waals surface area contributed by atoms with Gasteiger partial charge >= 0.3 is 0 Å². The van der Waals surface area contributed by atoms with Crippen LogP contribution in [0.5, 0.6) is 0 Å². The summed E-state index contributed by atoms with van der Waals surface area (Å²) in [5.41, 5.74) is 3.06. The van der Waals surface area contributed by atoms with Crippen LogP contribution < -0.4 is 5.43 Å². The molecule has 0 saturated carbocycles. The van der Waals surface area contributed by atoms with Gasteiger partial charge in [-0.2, -0.15) is 5.10 Å². The Balaban J connectivity index is 1.98. The number of rotatable bonds is 3. The highest BCUT2D eigenvalue weighted by Gasteiger charge is 2.03. The van der Waals surface area contributed by atoms with Gasteiger partial charge in [0.05, 0.1) is 10.6 Å². The fourth-order valence-electron chi connectivity index (χ4n) is 1.25. The van der Waals surface area contributed by atoms with Gasteiger partial charge in [-0.05, 0) is 52.9 Å². The predicted molar refractivity (Wildman–Crippen MR) is 83.5 cm³/mol. The van der Waals surface area contributed by atoms with Gasteiger partial charge in [0, 0.05) is 14.0 Å². The summed E-state index contributed by atoms with van der Waals surface area (Å²) in [7, 11) is 0. The summed E-state index contributed by atoms with van der Waals surface area (Å²) in [5.74, 6) is -0.229. The first kappa shape index (κ1) is 13.5. The Morgan fingerprint density at radius 2 is 2.22 bits per heavy atom. The third-order valence-corrected chi connectivity index (χ3v) is 3.88. The molecule has 1 N–H and O–H groups in total. The van der Waals surface area contributed by atoms with Crippen LogP contribution in [-0.2, 0) is 0 Å². The first-order valence-electron chi connectivity index (χ1n) is 4.99. The van der Waals surface area contributed by atoms with Crippen LogP contribution in [0.25, 0.3) is 0 Å². The van der Waals surface area contributed by atoms with E-state index in [0.717, 1.165) is 8.45 Å². The van der Waals surface area contributed by atoms with Gasteiger partial charge in [-0.1, -0.05) is 17.7 Å². The zero-order valence-electron chi connectivity index (χ0n) is 9.06. The fraction of sp³-hybridized carbons (Fsp3) is 0. The molecule has 3 nitrogen and oxygen atoms in total. The van der Waals surface area contributed by atoms with Crippen molar-refractivity contribution in [2.75, 3.05) is 0 Å². The summed E-state index contributed by atoms with van der Waals surface area (Å²) >= 11 is 9.34. The number of benzene rings is 1. The van der Waals surface area contributed by atoms with Crippen molar-refractivity contribution in [1.82, 2.24) is 5.43 Å². The van der Waals surface area contributed by atoms with E-state index in [9.17, 15) is 4.79 Å². The minimum Gasteiger partial charge on any atom is -0.267 e. The Hall–Kier alpha value is -0.920. The number of carbonyl (C=O) groups is 1. The van der Waals surface area contributed by atoms with Crippen LogP contribution in [0, 0.1) is 3.57 Å². The molecule has 92 valence electrons. The molecule has 1 aromatic heterocycles. The minimum atomic E-state index is -0.229. The summed E-state index contributed by atoms with van der Waals surface area (Å²) in [5, 5.41) is 3.89. The highest BCUT2D eigenvalue weighted by Crippen LogP contribution is 2.19. The number of amides is 1. The van der Waals surface area contributed by atoms with E-state index in [0.29, 0.717) is 9.90 Å². The second kappa shape index (κ2) is 6.31.